The molecule has 0 saturated heterocycles. The maximum absolute atomic E-state index is 7.50. The number of methoxy groups -OCH3 is 1. The van der Waals surface area contributed by atoms with Crippen LogP contribution in [-0.4, -0.2) is 7.11 Å². The normalized spacial score (nSPS) is 6.58. The zero-order valence-corrected chi connectivity index (χ0v) is 11.5. The zero-order chi connectivity index (χ0) is 14.1. The first-order chi connectivity index (χ1) is 8.93. The molecule has 0 N–H and O–H groups in total. The van der Waals surface area contributed by atoms with E-state index >= 15 is 0 Å². The van der Waals surface area contributed by atoms with Crippen molar-refractivity contribution in [2.75, 3.05) is 7.11 Å². The van der Waals surface area contributed by atoms with Crippen LogP contribution in [0.3, 0.4) is 0 Å². The van der Waals surface area contributed by atoms with Crippen LogP contribution in [0.2, 0.25) is 0 Å². The minimum Gasteiger partial charge on any atom is -0.214 e. The Kier molecular flexibility index (Phi) is 25.7. The molecule has 2 aromatic carbocycles. The van der Waals surface area contributed by atoms with E-state index in [4.69, 9.17) is 14.0 Å². The van der Waals surface area contributed by atoms with Crippen molar-refractivity contribution in [3.63, 3.8) is 0 Å². The van der Waals surface area contributed by atoms with E-state index in [0.717, 1.165) is 5.56 Å². The Morgan fingerprint density at radius 3 is 1.74 bits per heavy atom. The fourth-order valence-electron chi connectivity index (χ4n) is 0.988. The second-order valence-electron chi connectivity index (χ2n) is 2.73. The molecule has 0 saturated carbocycles. The topological polar surface area (TPSA) is 49.0 Å². The third kappa shape index (κ3) is 16.4. The molecule has 2 aromatic rings. The van der Waals surface area contributed by atoms with E-state index in [2.05, 4.69) is 13.3 Å². The molecular weight excluding hydrogens is 284 g/mol. The van der Waals surface area contributed by atoms with Gasteiger partial charge in [0.15, 0.2) is 0 Å². The van der Waals surface area contributed by atoms with Gasteiger partial charge in [0, 0.05) is 7.11 Å². The van der Waals surface area contributed by atoms with Crippen molar-refractivity contribution < 1.29 is 31.1 Å². The van der Waals surface area contributed by atoms with Crippen molar-refractivity contribution in [1.82, 2.24) is 0 Å². The van der Waals surface area contributed by atoms with E-state index in [1.165, 1.54) is 0 Å². The summed E-state index contributed by atoms with van der Waals surface area (Å²) in [6, 6.07) is 19.9. The summed E-state index contributed by atoms with van der Waals surface area (Å²) in [5.74, 6) is 0. The van der Waals surface area contributed by atoms with Crippen molar-refractivity contribution >= 4 is 0 Å². The van der Waals surface area contributed by atoms with Gasteiger partial charge in [0.25, 0.3) is 0 Å². The number of hydrogen-bond donors (Lipinski definition) is 0. The molecule has 4 heteroatoms. The summed E-state index contributed by atoms with van der Waals surface area (Å²) in [6.45, 7) is 10.7. The average Bonchev–Trinajstić information content (AvgIpc) is 3.04. The Morgan fingerprint density at radius 1 is 0.947 bits per heavy atom. The van der Waals surface area contributed by atoms with E-state index in [1.54, 1.807) is 13.7 Å². The van der Waals surface area contributed by atoms with Crippen LogP contribution in [0.1, 0.15) is 5.56 Å². The van der Waals surface area contributed by atoms with Gasteiger partial charge in [-0.2, -0.15) is 35.9 Å². The third-order valence-electron chi connectivity index (χ3n) is 1.61. The molecule has 0 aliphatic heterocycles. The van der Waals surface area contributed by atoms with Crippen molar-refractivity contribution in [2.45, 2.75) is 0 Å². The Balaban J connectivity index is -0.000000220. The number of ether oxygens (including phenoxy) is 1. The average molecular weight is 298 g/mol. The molecule has 0 fully saturated rings. The first-order valence-electron chi connectivity index (χ1n) is 4.92. The molecule has 0 radical (unpaired) electrons. The van der Waals surface area contributed by atoms with Gasteiger partial charge in [-0.3, -0.25) is 0 Å². The molecular formula is C15H14FeO3+4. The van der Waals surface area contributed by atoms with E-state index in [0.29, 0.717) is 0 Å². The summed E-state index contributed by atoms with van der Waals surface area (Å²) in [5, 5.41) is 0. The van der Waals surface area contributed by atoms with Crippen LogP contribution in [0.5, 0.6) is 0 Å². The monoisotopic (exact) mass is 298 g/mol. The summed E-state index contributed by atoms with van der Waals surface area (Å²) in [6.07, 6.45) is 0. The Bertz CT molecular complexity index is 356. The van der Waals surface area contributed by atoms with E-state index in [9.17, 15) is 0 Å². The summed E-state index contributed by atoms with van der Waals surface area (Å²) in [7, 11) is 1.65. The van der Waals surface area contributed by atoms with Gasteiger partial charge < -0.3 is 4.74 Å². The minimum atomic E-state index is 0. The van der Waals surface area contributed by atoms with Crippen LogP contribution in [0.25, 0.3) is 0 Å². The Morgan fingerprint density at radius 2 is 1.42 bits per heavy atom. The van der Waals surface area contributed by atoms with Crippen molar-refractivity contribution in [1.29, 1.82) is 0 Å². The SMILES string of the molecule is CO[CH-]c1ccccc1.[C-]#[O+].[C-]#[O+].[Fe+6].c1cc[cH-]c1. The quantitative estimate of drug-likeness (QED) is 0.477. The molecule has 0 bridgehead atoms. The summed E-state index contributed by atoms with van der Waals surface area (Å²) < 4.78 is 19.8. The maximum Gasteiger partial charge on any atom is 6.00 e. The molecule has 3 nitrogen and oxygen atoms in total. The molecule has 0 atom stereocenters. The summed E-state index contributed by atoms with van der Waals surface area (Å²) in [5.41, 5.74) is 1.10. The molecule has 0 unspecified atom stereocenters. The van der Waals surface area contributed by atoms with E-state index < -0.39 is 0 Å². The van der Waals surface area contributed by atoms with E-state index in [-0.39, 0.29) is 17.1 Å². The zero-order valence-electron chi connectivity index (χ0n) is 10.4. The minimum absolute atomic E-state index is 0. The van der Waals surface area contributed by atoms with Gasteiger partial charge >= 0.3 is 39.7 Å². The van der Waals surface area contributed by atoms with Gasteiger partial charge in [0.1, 0.15) is 0 Å². The molecule has 0 aromatic heterocycles. The smallest absolute Gasteiger partial charge is 0.214 e. The van der Waals surface area contributed by atoms with Crippen LogP contribution >= 0.6 is 0 Å². The van der Waals surface area contributed by atoms with Crippen molar-refractivity contribution in [3.05, 3.63) is 86.1 Å². The molecule has 19 heavy (non-hydrogen) atoms. The Hall–Kier alpha value is -1.60. The van der Waals surface area contributed by atoms with Crippen LogP contribution < -0.4 is 0 Å². The van der Waals surface area contributed by atoms with E-state index in [1.807, 2.05) is 60.7 Å². The number of rotatable bonds is 2. The fourth-order valence-corrected chi connectivity index (χ4v) is 0.988. The molecule has 0 aliphatic rings. The van der Waals surface area contributed by atoms with Gasteiger partial charge in [-0.15, -0.1) is 12.1 Å². The Labute approximate surface area is 124 Å². The van der Waals surface area contributed by atoms with Crippen LogP contribution in [0.15, 0.2) is 60.7 Å². The van der Waals surface area contributed by atoms with Gasteiger partial charge in [-0.25, -0.2) is 12.1 Å². The first kappa shape index (κ1) is 22.6. The van der Waals surface area contributed by atoms with Gasteiger partial charge in [0.2, 0.25) is 0 Å². The molecule has 2 rings (SSSR count). The first-order valence-corrected chi connectivity index (χ1v) is 4.92. The fraction of sp³-hybridized carbons (Fsp3) is 0.0667. The largest absolute Gasteiger partial charge is 6.00 e. The molecule has 96 valence electrons. The predicted octanol–water partition coefficient (Wildman–Crippen LogP) is 3.17. The predicted molar refractivity (Wildman–Crippen MR) is 66.7 cm³/mol. The second kappa shape index (κ2) is 21.7. The summed E-state index contributed by atoms with van der Waals surface area (Å²) in [4.78, 5) is 0. The van der Waals surface area contributed by atoms with Crippen molar-refractivity contribution in [2.24, 2.45) is 0 Å². The van der Waals surface area contributed by atoms with Crippen LogP contribution in [0, 0.1) is 19.9 Å². The maximum atomic E-state index is 7.50. The molecule has 0 spiro atoms. The molecule has 0 aliphatic carbocycles. The van der Waals surface area contributed by atoms with Crippen LogP contribution in [-0.2, 0) is 31.1 Å². The van der Waals surface area contributed by atoms with Gasteiger partial charge in [-0.1, -0.05) is 12.7 Å². The third-order valence-corrected chi connectivity index (χ3v) is 1.61. The summed E-state index contributed by atoms with van der Waals surface area (Å²) >= 11 is 0. The van der Waals surface area contributed by atoms with Crippen molar-refractivity contribution in [3.8, 4) is 0 Å². The molecule has 0 heterocycles. The second-order valence-corrected chi connectivity index (χ2v) is 2.73. The standard InChI is InChI=1S/C8H9O.C5H5.2CO.Fe/c1-9-7-8-5-3-2-4-6-8;1-2-4-5-3-1;2*1-2;/h2-7H,1H3;1-5H;;;/q2*-1;;;+6. The van der Waals surface area contributed by atoms with Gasteiger partial charge in [-0.05, 0) is 0 Å². The number of benzene rings is 1. The molecule has 0 amide bonds. The number of hydrogen-bond acceptors (Lipinski definition) is 1. The van der Waals surface area contributed by atoms with Crippen LogP contribution in [0.4, 0.5) is 0 Å². The van der Waals surface area contributed by atoms with Gasteiger partial charge in [0.05, 0.1) is 0 Å².